The number of carbonyl (C=O) groups excluding carboxylic acids is 2. The van der Waals surface area contributed by atoms with Crippen molar-refractivity contribution in [3.05, 3.63) is 102 Å². The van der Waals surface area contributed by atoms with E-state index in [9.17, 15) is 9.59 Å². The van der Waals surface area contributed by atoms with Crippen LogP contribution >= 0.6 is 0 Å². The van der Waals surface area contributed by atoms with Crippen molar-refractivity contribution in [1.82, 2.24) is 0 Å². The number of nitrogens with one attached hydrogen (secondary N) is 1. The highest BCUT2D eigenvalue weighted by atomic mass is 16.5. The minimum Gasteiger partial charge on any atom is -0.452 e. The maximum Gasteiger partial charge on any atom is 0.318 e. The molecule has 0 spiro atoms. The first-order chi connectivity index (χ1) is 13.5. The maximum absolute atomic E-state index is 13.0. The van der Waals surface area contributed by atoms with E-state index in [0.29, 0.717) is 5.69 Å². The second-order valence-corrected chi connectivity index (χ2v) is 6.69. The molecule has 3 aromatic rings. The van der Waals surface area contributed by atoms with Gasteiger partial charge in [0.15, 0.2) is 6.10 Å². The van der Waals surface area contributed by atoms with E-state index >= 15 is 0 Å². The molecule has 0 aromatic heterocycles. The number of amides is 1. The summed E-state index contributed by atoms with van der Waals surface area (Å²) < 4.78 is 5.53. The minimum atomic E-state index is -0.914. The van der Waals surface area contributed by atoms with Crippen LogP contribution in [0.4, 0.5) is 5.69 Å². The molecule has 0 fully saturated rings. The lowest BCUT2D eigenvalue weighted by Crippen LogP contribution is -2.32. The smallest absolute Gasteiger partial charge is 0.318 e. The van der Waals surface area contributed by atoms with Crippen LogP contribution in [-0.2, 0) is 14.3 Å². The highest BCUT2D eigenvalue weighted by molar-refractivity contribution is 5.95. The average molecular weight is 373 g/mol. The first kappa shape index (κ1) is 19.4. The number of carbonyl (C=O) groups is 2. The number of hydrogen-bond acceptors (Lipinski definition) is 3. The lowest BCUT2D eigenvalue weighted by Gasteiger charge is -2.20. The second-order valence-electron chi connectivity index (χ2n) is 6.69. The molecule has 0 saturated heterocycles. The van der Waals surface area contributed by atoms with E-state index in [4.69, 9.17) is 4.74 Å². The van der Waals surface area contributed by atoms with Crippen LogP contribution in [0.25, 0.3) is 0 Å². The van der Waals surface area contributed by atoms with Crippen molar-refractivity contribution in [3.63, 3.8) is 0 Å². The van der Waals surface area contributed by atoms with E-state index in [1.807, 2.05) is 85.8 Å². The molecular weight excluding hydrogens is 350 g/mol. The van der Waals surface area contributed by atoms with Gasteiger partial charge in [-0.1, -0.05) is 72.8 Å². The third-order valence-electron chi connectivity index (χ3n) is 4.45. The molecule has 3 rings (SSSR count). The molecule has 0 saturated carbocycles. The van der Waals surface area contributed by atoms with Crippen LogP contribution in [0.5, 0.6) is 0 Å². The topological polar surface area (TPSA) is 55.4 Å². The van der Waals surface area contributed by atoms with Crippen molar-refractivity contribution < 1.29 is 14.3 Å². The molecule has 0 aliphatic rings. The van der Waals surface area contributed by atoms with Crippen LogP contribution in [0.1, 0.15) is 29.5 Å². The standard InChI is InChI=1S/C24H23NO3/c1-17-10-9-15-21(16-17)25-23(26)18(2)28-24(27)22(19-11-5-3-6-12-19)20-13-7-4-8-14-20/h3-16,18,22H,1-2H3,(H,25,26)/t18-/m1/s1. The number of aryl methyl sites for hydroxylation is 1. The molecule has 1 amide bonds. The average Bonchev–Trinajstić information content (AvgIpc) is 2.70. The summed E-state index contributed by atoms with van der Waals surface area (Å²) in [5.41, 5.74) is 3.36. The van der Waals surface area contributed by atoms with Gasteiger partial charge in [-0.2, -0.15) is 0 Å². The Bertz CT molecular complexity index is 899. The predicted molar refractivity (Wildman–Crippen MR) is 110 cm³/mol. The van der Waals surface area contributed by atoms with Crippen LogP contribution in [0, 0.1) is 6.92 Å². The summed E-state index contributed by atoms with van der Waals surface area (Å²) >= 11 is 0. The van der Waals surface area contributed by atoms with E-state index < -0.39 is 18.0 Å². The Morgan fingerprint density at radius 1 is 0.821 bits per heavy atom. The van der Waals surface area contributed by atoms with E-state index in [0.717, 1.165) is 16.7 Å². The van der Waals surface area contributed by atoms with Crippen molar-refractivity contribution in [2.45, 2.75) is 25.9 Å². The zero-order valence-electron chi connectivity index (χ0n) is 16.0. The van der Waals surface area contributed by atoms with Crippen molar-refractivity contribution in [3.8, 4) is 0 Å². The van der Waals surface area contributed by atoms with Gasteiger partial charge in [-0.15, -0.1) is 0 Å². The summed E-state index contributed by atoms with van der Waals surface area (Å²) in [4.78, 5) is 25.4. The summed E-state index contributed by atoms with van der Waals surface area (Å²) in [7, 11) is 0. The Balaban J connectivity index is 1.75. The molecule has 28 heavy (non-hydrogen) atoms. The number of benzene rings is 3. The highest BCUT2D eigenvalue weighted by Crippen LogP contribution is 2.26. The number of hydrogen-bond donors (Lipinski definition) is 1. The number of anilines is 1. The molecule has 0 aliphatic heterocycles. The predicted octanol–water partition coefficient (Wildman–Crippen LogP) is 4.70. The fraction of sp³-hybridized carbons (Fsp3) is 0.167. The van der Waals surface area contributed by atoms with E-state index in [1.165, 1.54) is 0 Å². The van der Waals surface area contributed by atoms with Crippen molar-refractivity contribution in [2.75, 3.05) is 5.32 Å². The summed E-state index contributed by atoms with van der Waals surface area (Å²) in [5.74, 6) is -1.40. The van der Waals surface area contributed by atoms with Gasteiger partial charge >= 0.3 is 5.97 Å². The normalized spacial score (nSPS) is 11.7. The number of ether oxygens (including phenoxy) is 1. The molecule has 0 heterocycles. The second kappa shape index (κ2) is 9.00. The summed E-state index contributed by atoms with van der Waals surface area (Å²) in [6.07, 6.45) is -0.914. The van der Waals surface area contributed by atoms with Crippen LogP contribution in [-0.4, -0.2) is 18.0 Å². The van der Waals surface area contributed by atoms with Crippen LogP contribution in [0.2, 0.25) is 0 Å². The largest absolute Gasteiger partial charge is 0.452 e. The summed E-state index contributed by atoms with van der Waals surface area (Å²) in [5, 5.41) is 2.79. The zero-order chi connectivity index (χ0) is 19.9. The molecular formula is C24H23NO3. The third kappa shape index (κ3) is 4.86. The molecule has 1 atom stereocenters. The van der Waals surface area contributed by atoms with Gasteiger partial charge in [-0.25, -0.2) is 0 Å². The van der Waals surface area contributed by atoms with Crippen LogP contribution < -0.4 is 5.32 Å². The van der Waals surface area contributed by atoms with Gasteiger partial charge in [-0.3, -0.25) is 9.59 Å². The highest BCUT2D eigenvalue weighted by Gasteiger charge is 2.27. The molecule has 0 radical (unpaired) electrons. The third-order valence-corrected chi connectivity index (χ3v) is 4.45. The molecule has 4 heteroatoms. The first-order valence-corrected chi connectivity index (χ1v) is 9.22. The van der Waals surface area contributed by atoms with Crippen molar-refractivity contribution in [2.24, 2.45) is 0 Å². The van der Waals surface area contributed by atoms with E-state index in [1.54, 1.807) is 13.0 Å². The number of esters is 1. The van der Waals surface area contributed by atoms with E-state index in [-0.39, 0.29) is 5.91 Å². The zero-order valence-corrected chi connectivity index (χ0v) is 16.0. The molecule has 4 nitrogen and oxygen atoms in total. The fourth-order valence-corrected chi connectivity index (χ4v) is 3.02. The van der Waals surface area contributed by atoms with E-state index in [2.05, 4.69) is 5.32 Å². The van der Waals surface area contributed by atoms with Gasteiger partial charge in [0.1, 0.15) is 5.92 Å². The molecule has 0 bridgehead atoms. The molecule has 0 unspecified atom stereocenters. The lowest BCUT2D eigenvalue weighted by molar-refractivity contribution is -0.153. The van der Waals surface area contributed by atoms with Gasteiger partial charge in [-0.05, 0) is 42.7 Å². The Kier molecular flexibility index (Phi) is 6.22. The van der Waals surface area contributed by atoms with Crippen molar-refractivity contribution in [1.29, 1.82) is 0 Å². The molecule has 142 valence electrons. The van der Waals surface area contributed by atoms with Crippen molar-refractivity contribution >= 4 is 17.6 Å². The summed E-state index contributed by atoms with van der Waals surface area (Å²) in [6, 6.07) is 26.3. The molecule has 0 aliphatic carbocycles. The Morgan fingerprint density at radius 2 is 1.39 bits per heavy atom. The quantitative estimate of drug-likeness (QED) is 0.637. The van der Waals surface area contributed by atoms with Gasteiger partial charge in [0.25, 0.3) is 5.91 Å². The Hall–Kier alpha value is -3.40. The monoisotopic (exact) mass is 373 g/mol. The molecule has 1 N–H and O–H groups in total. The van der Waals surface area contributed by atoms with Gasteiger partial charge in [0.2, 0.25) is 0 Å². The Labute approximate surface area is 165 Å². The lowest BCUT2D eigenvalue weighted by atomic mass is 9.91. The number of rotatable bonds is 6. The van der Waals surface area contributed by atoms with Gasteiger partial charge in [0, 0.05) is 5.69 Å². The van der Waals surface area contributed by atoms with Gasteiger partial charge < -0.3 is 10.1 Å². The Morgan fingerprint density at radius 3 is 1.93 bits per heavy atom. The fourth-order valence-electron chi connectivity index (χ4n) is 3.02. The van der Waals surface area contributed by atoms with Crippen LogP contribution in [0.15, 0.2) is 84.9 Å². The minimum absolute atomic E-state index is 0.362. The van der Waals surface area contributed by atoms with Gasteiger partial charge in [0.05, 0.1) is 0 Å². The SMILES string of the molecule is Cc1cccc(NC(=O)[C@@H](C)OC(=O)C(c2ccccc2)c2ccccc2)c1. The maximum atomic E-state index is 13.0. The summed E-state index contributed by atoms with van der Waals surface area (Å²) in [6.45, 7) is 3.53. The van der Waals surface area contributed by atoms with Crippen LogP contribution in [0.3, 0.4) is 0 Å². The first-order valence-electron chi connectivity index (χ1n) is 9.22. The molecule has 3 aromatic carbocycles.